The lowest BCUT2D eigenvalue weighted by Gasteiger charge is -2.31. The molecule has 2 aliphatic heterocycles. The van der Waals surface area contributed by atoms with Gasteiger partial charge in [-0.25, -0.2) is 0 Å². The van der Waals surface area contributed by atoms with Gasteiger partial charge in [-0.2, -0.15) is 0 Å². The predicted molar refractivity (Wildman–Crippen MR) is 130 cm³/mol. The lowest BCUT2D eigenvalue weighted by Crippen LogP contribution is -2.42. The second kappa shape index (κ2) is 9.41. The van der Waals surface area contributed by atoms with Crippen molar-refractivity contribution in [1.29, 1.82) is 0 Å². The zero-order valence-electron chi connectivity index (χ0n) is 19.3. The van der Waals surface area contributed by atoms with Gasteiger partial charge in [0.1, 0.15) is 11.3 Å². The first kappa shape index (κ1) is 22.9. The number of halogens is 1. The topological polar surface area (TPSA) is 72.2 Å². The number of fused-ring (bicyclic) bond motifs is 2. The van der Waals surface area contributed by atoms with E-state index in [2.05, 4.69) is 4.90 Å². The summed E-state index contributed by atoms with van der Waals surface area (Å²) < 4.78 is 17.2. The van der Waals surface area contributed by atoms with E-state index < -0.39 is 6.04 Å². The third-order valence-electron chi connectivity index (χ3n) is 6.49. The highest BCUT2D eigenvalue weighted by Crippen LogP contribution is 2.39. The van der Waals surface area contributed by atoms with Crippen LogP contribution in [0.4, 0.5) is 0 Å². The summed E-state index contributed by atoms with van der Waals surface area (Å²) in [4.78, 5) is 31.3. The molecule has 1 amide bonds. The van der Waals surface area contributed by atoms with Crippen molar-refractivity contribution < 1.29 is 18.7 Å². The lowest BCUT2D eigenvalue weighted by atomic mass is 9.98. The van der Waals surface area contributed by atoms with Crippen molar-refractivity contribution in [3.05, 3.63) is 74.1 Å². The Morgan fingerprint density at radius 3 is 2.68 bits per heavy atom. The Hall–Kier alpha value is -2.87. The molecule has 5 rings (SSSR count). The van der Waals surface area contributed by atoms with Crippen molar-refractivity contribution in [2.45, 2.75) is 19.9 Å². The molecule has 3 aromatic rings. The number of morpholine rings is 1. The maximum atomic E-state index is 13.7. The van der Waals surface area contributed by atoms with Gasteiger partial charge in [0.05, 0.1) is 36.8 Å². The van der Waals surface area contributed by atoms with Crippen LogP contribution in [0.5, 0.6) is 5.75 Å². The summed E-state index contributed by atoms with van der Waals surface area (Å²) in [6.45, 7) is 8.42. The number of amides is 1. The van der Waals surface area contributed by atoms with Gasteiger partial charge in [0.2, 0.25) is 5.76 Å². The molecule has 8 heteroatoms. The fourth-order valence-electron chi connectivity index (χ4n) is 4.73. The summed E-state index contributed by atoms with van der Waals surface area (Å²) in [6.07, 6.45) is 0. The smallest absolute Gasteiger partial charge is 0.290 e. The van der Waals surface area contributed by atoms with Crippen LogP contribution in [-0.4, -0.2) is 61.7 Å². The largest absolute Gasteiger partial charge is 0.494 e. The van der Waals surface area contributed by atoms with Gasteiger partial charge in [0.25, 0.3) is 5.91 Å². The van der Waals surface area contributed by atoms with Gasteiger partial charge < -0.3 is 18.8 Å². The molecule has 1 saturated heterocycles. The minimum atomic E-state index is -0.565. The Kier molecular flexibility index (Phi) is 6.34. The molecular formula is C26H27ClN2O5. The van der Waals surface area contributed by atoms with Crippen LogP contribution in [0.25, 0.3) is 11.0 Å². The number of hydrogen-bond donors (Lipinski definition) is 0. The number of rotatable bonds is 6. The molecule has 2 aliphatic rings. The Balaban J connectivity index is 1.62. The van der Waals surface area contributed by atoms with E-state index in [1.807, 2.05) is 38.1 Å². The number of hydrogen-bond acceptors (Lipinski definition) is 6. The quantitative estimate of drug-likeness (QED) is 0.528. The number of nitrogens with zero attached hydrogens (tertiary/aromatic N) is 2. The van der Waals surface area contributed by atoms with Gasteiger partial charge in [-0.1, -0.05) is 23.7 Å². The number of aryl methyl sites for hydroxylation is 1. The summed E-state index contributed by atoms with van der Waals surface area (Å²) in [5.74, 6) is 0.521. The van der Waals surface area contributed by atoms with Crippen molar-refractivity contribution in [2.75, 3.05) is 46.0 Å². The maximum absolute atomic E-state index is 13.7. The average molecular weight is 483 g/mol. The molecule has 0 bridgehead atoms. The molecule has 1 unspecified atom stereocenters. The average Bonchev–Trinajstić information content (AvgIpc) is 3.12. The second-order valence-electron chi connectivity index (χ2n) is 8.63. The van der Waals surface area contributed by atoms with Crippen LogP contribution < -0.4 is 10.2 Å². The van der Waals surface area contributed by atoms with Crippen LogP contribution in [0.3, 0.4) is 0 Å². The standard InChI is InChI=1S/C26H27ClN2O5/c1-3-33-18-6-4-5-17(14-18)23-22-24(30)19-15-20(27)16(2)13-21(19)34-25(22)26(31)29(23)8-7-28-9-11-32-12-10-28/h4-6,13-15,23H,3,7-12H2,1-2H3. The highest BCUT2D eigenvalue weighted by molar-refractivity contribution is 6.32. The van der Waals surface area contributed by atoms with E-state index in [0.717, 1.165) is 24.2 Å². The summed E-state index contributed by atoms with van der Waals surface area (Å²) in [7, 11) is 0. The fourth-order valence-corrected chi connectivity index (χ4v) is 4.90. The molecule has 0 saturated carbocycles. The molecule has 3 heterocycles. The summed E-state index contributed by atoms with van der Waals surface area (Å²) in [6, 6.07) is 10.3. The van der Waals surface area contributed by atoms with Crippen molar-refractivity contribution in [3.63, 3.8) is 0 Å². The molecule has 34 heavy (non-hydrogen) atoms. The molecule has 0 spiro atoms. The molecular weight excluding hydrogens is 456 g/mol. The SMILES string of the molecule is CCOc1cccc(C2c3c(oc4cc(C)c(Cl)cc4c3=O)C(=O)N2CCN2CCOCC2)c1. The van der Waals surface area contributed by atoms with Crippen LogP contribution in [-0.2, 0) is 4.74 Å². The van der Waals surface area contributed by atoms with E-state index in [1.54, 1.807) is 17.0 Å². The molecule has 0 N–H and O–H groups in total. The number of carbonyl (C=O) groups excluding carboxylic acids is 1. The Morgan fingerprint density at radius 2 is 1.91 bits per heavy atom. The maximum Gasteiger partial charge on any atom is 0.290 e. The van der Waals surface area contributed by atoms with Crippen LogP contribution in [0, 0.1) is 6.92 Å². The van der Waals surface area contributed by atoms with E-state index in [0.29, 0.717) is 60.2 Å². The minimum absolute atomic E-state index is 0.105. The molecule has 178 valence electrons. The van der Waals surface area contributed by atoms with E-state index in [1.165, 1.54) is 0 Å². The third-order valence-corrected chi connectivity index (χ3v) is 6.90. The molecule has 0 aliphatic carbocycles. The number of carbonyl (C=O) groups is 1. The van der Waals surface area contributed by atoms with Crippen molar-refractivity contribution in [2.24, 2.45) is 0 Å². The van der Waals surface area contributed by atoms with Crippen LogP contribution >= 0.6 is 11.6 Å². The first-order valence-corrected chi connectivity index (χ1v) is 12.0. The van der Waals surface area contributed by atoms with Gasteiger partial charge in [-0.3, -0.25) is 14.5 Å². The monoisotopic (exact) mass is 482 g/mol. The van der Waals surface area contributed by atoms with Gasteiger partial charge >= 0.3 is 0 Å². The molecule has 2 aromatic carbocycles. The Morgan fingerprint density at radius 1 is 1.12 bits per heavy atom. The fraction of sp³-hybridized carbons (Fsp3) is 0.385. The lowest BCUT2D eigenvalue weighted by molar-refractivity contribution is 0.0314. The van der Waals surface area contributed by atoms with E-state index in [-0.39, 0.29) is 17.1 Å². The normalized spacial score (nSPS) is 18.5. The number of ether oxygens (including phenoxy) is 2. The minimum Gasteiger partial charge on any atom is -0.494 e. The van der Waals surface area contributed by atoms with Gasteiger partial charge in [0.15, 0.2) is 5.43 Å². The highest BCUT2D eigenvalue weighted by atomic mass is 35.5. The molecule has 1 fully saturated rings. The van der Waals surface area contributed by atoms with E-state index in [4.69, 9.17) is 25.5 Å². The molecule has 1 aromatic heterocycles. The van der Waals surface area contributed by atoms with Gasteiger partial charge in [-0.05, 0) is 49.2 Å². The molecule has 7 nitrogen and oxygen atoms in total. The summed E-state index contributed by atoms with van der Waals surface area (Å²) in [5.41, 5.74) is 2.09. The van der Waals surface area contributed by atoms with Crippen LogP contribution in [0.15, 0.2) is 45.6 Å². The zero-order valence-corrected chi connectivity index (χ0v) is 20.1. The van der Waals surface area contributed by atoms with Crippen LogP contribution in [0.1, 0.15) is 40.2 Å². The summed E-state index contributed by atoms with van der Waals surface area (Å²) >= 11 is 6.32. The molecule has 0 radical (unpaired) electrons. The first-order valence-electron chi connectivity index (χ1n) is 11.6. The zero-order chi connectivity index (χ0) is 23.8. The molecule has 1 atom stereocenters. The predicted octanol–water partition coefficient (Wildman–Crippen LogP) is 4.03. The van der Waals surface area contributed by atoms with Crippen molar-refractivity contribution in [3.8, 4) is 5.75 Å². The van der Waals surface area contributed by atoms with Crippen molar-refractivity contribution >= 4 is 28.5 Å². The van der Waals surface area contributed by atoms with Gasteiger partial charge in [0, 0.05) is 31.2 Å². The van der Waals surface area contributed by atoms with E-state index >= 15 is 0 Å². The van der Waals surface area contributed by atoms with Crippen molar-refractivity contribution in [1.82, 2.24) is 9.80 Å². The summed E-state index contributed by atoms with van der Waals surface area (Å²) in [5, 5.41) is 0.867. The Bertz CT molecular complexity index is 1300. The van der Waals surface area contributed by atoms with E-state index in [9.17, 15) is 9.59 Å². The first-order chi connectivity index (χ1) is 16.5. The number of benzene rings is 2. The Labute approximate surface area is 202 Å². The second-order valence-corrected chi connectivity index (χ2v) is 9.04. The third kappa shape index (κ3) is 4.08. The highest BCUT2D eigenvalue weighted by Gasteiger charge is 2.43. The van der Waals surface area contributed by atoms with Gasteiger partial charge in [-0.15, -0.1) is 0 Å². The van der Waals surface area contributed by atoms with Crippen LogP contribution in [0.2, 0.25) is 5.02 Å².